The summed E-state index contributed by atoms with van der Waals surface area (Å²) >= 11 is 0. The molecule has 2 rings (SSSR count). The fraction of sp³-hybridized carbons (Fsp3) is 0.417. The normalized spacial score (nSPS) is 17.5. The third kappa shape index (κ3) is 1.94. The van der Waals surface area contributed by atoms with E-state index in [-0.39, 0.29) is 5.78 Å². The number of benzene rings is 1. The first kappa shape index (κ1) is 10.3. The van der Waals surface area contributed by atoms with Crippen molar-refractivity contribution in [1.82, 2.24) is 0 Å². The molecule has 3 heteroatoms. The van der Waals surface area contributed by atoms with Crippen molar-refractivity contribution >= 4 is 5.78 Å². The van der Waals surface area contributed by atoms with Gasteiger partial charge in [-0.1, -0.05) is 24.3 Å². The highest BCUT2D eigenvalue weighted by Crippen LogP contribution is 2.46. The van der Waals surface area contributed by atoms with Gasteiger partial charge in [-0.25, -0.2) is 0 Å². The molecule has 0 atom stereocenters. The van der Waals surface area contributed by atoms with E-state index in [1.165, 1.54) is 0 Å². The second-order valence-corrected chi connectivity index (χ2v) is 4.04. The maximum Gasteiger partial charge on any atom is 0.164 e. The summed E-state index contributed by atoms with van der Waals surface area (Å²) < 4.78 is 0. The Hall–Kier alpha value is -1.19. The highest BCUT2D eigenvalue weighted by atomic mass is 16.3. The predicted octanol–water partition coefficient (Wildman–Crippen LogP) is 1.20. The van der Waals surface area contributed by atoms with Crippen molar-refractivity contribution in [2.24, 2.45) is 5.73 Å². The van der Waals surface area contributed by atoms with Crippen LogP contribution in [0.3, 0.4) is 0 Å². The second-order valence-electron chi connectivity index (χ2n) is 4.04. The lowest BCUT2D eigenvalue weighted by Gasteiger charge is -2.12. The van der Waals surface area contributed by atoms with Crippen molar-refractivity contribution in [2.75, 3.05) is 6.54 Å². The summed E-state index contributed by atoms with van der Waals surface area (Å²) in [4.78, 5) is 11.7. The van der Waals surface area contributed by atoms with Gasteiger partial charge in [-0.05, 0) is 24.9 Å². The Kier molecular flexibility index (Phi) is 2.59. The van der Waals surface area contributed by atoms with E-state index in [0.29, 0.717) is 18.5 Å². The van der Waals surface area contributed by atoms with E-state index in [1.807, 2.05) is 18.2 Å². The highest BCUT2D eigenvalue weighted by molar-refractivity contribution is 5.98. The van der Waals surface area contributed by atoms with Crippen LogP contribution in [0.15, 0.2) is 24.3 Å². The minimum atomic E-state index is -0.749. The van der Waals surface area contributed by atoms with Gasteiger partial charge in [0.2, 0.25) is 0 Å². The fourth-order valence-electron chi connectivity index (χ4n) is 1.79. The van der Waals surface area contributed by atoms with Crippen LogP contribution in [-0.4, -0.2) is 17.4 Å². The van der Waals surface area contributed by atoms with Gasteiger partial charge in [0.25, 0.3) is 0 Å². The maximum atomic E-state index is 11.7. The molecule has 1 aromatic carbocycles. The Balaban J connectivity index is 2.34. The van der Waals surface area contributed by atoms with Gasteiger partial charge >= 0.3 is 0 Å². The van der Waals surface area contributed by atoms with Crippen LogP contribution < -0.4 is 5.73 Å². The molecule has 0 saturated heterocycles. The molecule has 1 fully saturated rings. The van der Waals surface area contributed by atoms with E-state index < -0.39 is 5.60 Å². The first-order valence-electron chi connectivity index (χ1n) is 5.22. The molecule has 3 N–H and O–H groups in total. The molecule has 0 spiro atoms. The maximum absolute atomic E-state index is 11.7. The van der Waals surface area contributed by atoms with Gasteiger partial charge in [-0.2, -0.15) is 0 Å². The van der Waals surface area contributed by atoms with Gasteiger partial charge < -0.3 is 10.8 Å². The zero-order valence-corrected chi connectivity index (χ0v) is 8.57. The first-order chi connectivity index (χ1) is 7.17. The summed E-state index contributed by atoms with van der Waals surface area (Å²) in [6.45, 7) is 0.353. The van der Waals surface area contributed by atoms with Crippen LogP contribution in [0.4, 0.5) is 0 Å². The van der Waals surface area contributed by atoms with Crippen molar-refractivity contribution in [3.05, 3.63) is 35.4 Å². The molecule has 3 nitrogen and oxygen atoms in total. The first-order valence-corrected chi connectivity index (χ1v) is 5.22. The highest BCUT2D eigenvalue weighted by Gasteiger charge is 2.44. The van der Waals surface area contributed by atoms with E-state index in [1.54, 1.807) is 6.07 Å². The van der Waals surface area contributed by atoms with Crippen LogP contribution in [0.25, 0.3) is 0 Å². The number of carbonyl (C=O) groups excluding carboxylic acids is 1. The van der Waals surface area contributed by atoms with E-state index in [2.05, 4.69) is 0 Å². The molecule has 0 heterocycles. The van der Waals surface area contributed by atoms with Gasteiger partial charge in [0, 0.05) is 12.0 Å². The molecule has 80 valence electrons. The van der Waals surface area contributed by atoms with E-state index in [4.69, 9.17) is 5.73 Å². The number of rotatable bonds is 4. The quantitative estimate of drug-likeness (QED) is 0.726. The molecule has 1 aliphatic rings. The summed E-state index contributed by atoms with van der Waals surface area (Å²) in [6, 6.07) is 7.27. The average molecular weight is 205 g/mol. The lowest BCUT2D eigenvalue weighted by molar-refractivity contribution is 0.0972. The van der Waals surface area contributed by atoms with E-state index in [9.17, 15) is 9.90 Å². The van der Waals surface area contributed by atoms with Crippen LogP contribution in [0.1, 0.15) is 35.2 Å². The van der Waals surface area contributed by atoms with Crippen LogP contribution in [0.2, 0.25) is 0 Å². The molecule has 0 aromatic heterocycles. The predicted molar refractivity (Wildman–Crippen MR) is 57.6 cm³/mol. The van der Waals surface area contributed by atoms with E-state index in [0.717, 1.165) is 18.4 Å². The van der Waals surface area contributed by atoms with Gasteiger partial charge in [0.1, 0.15) is 0 Å². The summed E-state index contributed by atoms with van der Waals surface area (Å²) in [7, 11) is 0. The number of ketones is 1. The zero-order chi connectivity index (χ0) is 10.9. The molecule has 0 bridgehead atoms. The third-order valence-corrected chi connectivity index (χ3v) is 2.82. The van der Waals surface area contributed by atoms with Crippen LogP contribution >= 0.6 is 0 Å². The summed E-state index contributed by atoms with van der Waals surface area (Å²) in [6.07, 6.45) is 1.84. The number of hydrogen-bond donors (Lipinski definition) is 2. The number of carbonyl (C=O) groups is 1. The largest absolute Gasteiger partial charge is 0.385 e. The van der Waals surface area contributed by atoms with Crippen LogP contribution in [0, 0.1) is 0 Å². The van der Waals surface area contributed by atoms with Crippen LogP contribution in [0.5, 0.6) is 0 Å². The lowest BCUT2D eigenvalue weighted by atomic mass is 9.96. The molecular formula is C12H15NO2. The molecule has 0 unspecified atom stereocenters. The SMILES string of the molecule is NCCC(=O)c1ccccc1C1(O)CC1. The number of Topliss-reactive ketones (excluding diaryl/α,β-unsaturated/α-hetero) is 1. The topological polar surface area (TPSA) is 63.3 Å². The Morgan fingerprint density at radius 2 is 2.07 bits per heavy atom. The molecule has 0 aliphatic heterocycles. The molecule has 1 saturated carbocycles. The van der Waals surface area contributed by atoms with Gasteiger partial charge in [0.15, 0.2) is 5.78 Å². The van der Waals surface area contributed by atoms with Gasteiger partial charge in [-0.15, -0.1) is 0 Å². The smallest absolute Gasteiger partial charge is 0.164 e. The van der Waals surface area contributed by atoms with Crippen molar-refractivity contribution in [1.29, 1.82) is 0 Å². The fourth-order valence-corrected chi connectivity index (χ4v) is 1.79. The number of nitrogens with two attached hydrogens (primary N) is 1. The minimum Gasteiger partial charge on any atom is -0.385 e. The molecule has 15 heavy (non-hydrogen) atoms. The second kappa shape index (κ2) is 3.76. The Bertz CT molecular complexity index is 383. The Morgan fingerprint density at radius 3 is 2.67 bits per heavy atom. The molecule has 0 amide bonds. The summed E-state index contributed by atoms with van der Waals surface area (Å²) in [5, 5.41) is 10.0. The molecule has 0 radical (unpaired) electrons. The van der Waals surface area contributed by atoms with Gasteiger partial charge in [0.05, 0.1) is 5.60 Å². The number of hydrogen-bond acceptors (Lipinski definition) is 3. The Morgan fingerprint density at radius 1 is 1.40 bits per heavy atom. The zero-order valence-electron chi connectivity index (χ0n) is 8.57. The van der Waals surface area contributed by atoms with Crippen molar-refractivity contribution in [3.63, 3.8) is 0 Å². The average Bonchev–Trinajstić information content (AvgIpc) is 2.98. The minimum absolute atomic E-state index is 0.0217. The Labute approximate surface area is 88.9 Å². The molecule has 1 aliphatic carbocycles. The summed E-state index contributed by atoms with van der Waals surface area (Å²) in [5.41, 5.74) is 6.00. The van der Waals surface area contributed by atoms with Crippen molar-refractivity contribution in [3.8, 4) is 0 Å². The van der Waals surface area contributed by atoms with Crippen molar-refractivity contribution in [2.45, 2.75) is 24.9 Å². The van der Waals surface area contributed by atoms with Crippen molar-refractivity contribution < 1.29 is 9.90 Å². The van der Waals surface area contributed by atoms with E-state index >= 15 is 0 Å². The van der Waals surface area contributed by atoms with Crippen LogP contribution in [-0.2, 0) is 5.60 Å². The lowest BCUT2D eigenvalue weighted by Crippen LogP contribution is -2.15. The molecule has 1 aromatic rings. The molecular weight excluding hydrogens is 190 g/mol. The number of aliphatic hydroxyl groups is 1. The van der Waals surface area contributed by atoms with Gasteiger partial charge in [-0.3, -0.25) is 4.79 Å². The standard InChI is InChI=1S/C12H15NO2/c13-8-5-11(14)9-3-1-2-4-10(9)12(15)6-7-12/h1-4,15H,5-8,13H2. The monoisotopic (exact) mass is 205 g/mol. The summed E-state index contributed by atoms with van der Waals surface area (Å²) in [5.74, 6) is 0.0217. The third-order valence-electron chi connectivity index (χ3n) is 2.82.